The maximum atomic E-state index is 12.7. The minimum Gasteiger partial charge on any atom is -0.480 e. The van der Waals surface area contributed by atoms with Crippen molar-refractivity contribution in [2.24, 2.45) is 5.92 Å². The van der Waals surface area contributed by atoms with Crippen LogP contribution in [0, 0.1) is 12.8 Å². The van der Waals surface area contributed by atoms with Gasteiger partial charge in [-0.05, 0) is 44.4 Å². The van der Waals surface area contributed by atoms with Crippen LogP contribution in [0.15, 0.2) is 12.3 Å². The predicted octanol–water partition coefficient (Wildman–Crippen LogP) is 1.96. The molecule has 2 atom stereocenters. The number of urea groups is 1. The molecule has 22 heavy (non-hydrogen) atoms. The summed E-state index contributed by atoms with van der Waals surface area (Å²) in [6.45, 7) is 4.82. The minimum absolute atomic E-state index is 0.0456. The van der Waals surface area contributed by atoms with Gasteiger partial charge >= 0.3 is 6.03 Å². The quantitative estimate of drug-likeness (QED) is 0.907. The lowest BCUT2D eigenvalue weighted by atomic mass is 9.92. The number of hydrogen-bond donors (Lipinski definition) is 1. The molecule has 0 aliphatic carbocycles. The molecule has 0 saturated carbocycles. The van der Waals surface area contributed by atoms with E-state index < -0.39 is 0 Å². The first-order valence-electron chi connectivity index (χ1n) is 7.85. The van der Waals surface area contributed by atoms with Crippen LogP contribution in [0.25, 0.3) is 0 Å². The molecular formula is C16H24N4O2. The maximum absolute atomic E-state index is 12.7. The number of anilines is 1. The van der Waals surface area contributed by atoms with Crippen molar-refractivity contribution >= 4 is 11.7 Å². The summed E-state index contributed by atoms with van der Waals surface area (Å²) in [7, 11) is 3.69. The monoisotopic (exact) mass is 304 g/mol. The summed E-state index contributed by atoms with van der Waals surface area (Å²) in [6.07, 6.45) is 4.02. The first kappa shape index (κ1) is 15.1. The number of likely N-dealkylation sites (tertiary alicyclic amines) is 2. The fraction of sp³-hybridized carbons (Fsp3) is 0.625. The summed E-state index contributed by atoms with van der Waals surface area (Å²) in [5.41, 5.74) is 1.63. The highest BCUT2D eigenvalue weighted by Gasteiger charge is 2.39. The highest BCUT2D eigenvalue weighted by Crippen LogP contribution is 2.31. The van der Waals surface area contributed by atoms with Crippen molar-refractivity contribution in [3.63, 3.8) is 0 Å². The van der Waals surface area contributed by atoms with E-state index in [1.54, 1.807) is 13.3 Å². The third kappa shape index (κ3) is 2.88. The first-order valence-corrected chi connectivity index (χ1v) is 7.85. The number of aryl methyl sites for hydroxylation is 1. The van der Waals surface area contributed by atoms with Gasteiger partial charge in [0, 0.05) is 25.8 Å². The number of aromatic nitrogens is 1. The number of hydrogen-bond acceptors (Lipinski definition) is 4. The van der Waals surface area contributed by atoms with Gasteiger partial charge in [-0.3, -0.25) is 0 Å². The Morgan fingerprint density at radius 1 is 1.45 bits per heavy atom. The standard InChI is InChI=1S/C16H24N4O2/c1-11-7-13(15(22-3)17-8-11)18-16(21)20-6-4-5-12-9-19(2)10-14(12)20/h7-8,12,14H,4-6,9-10H2,1-3H3,(H,18,21)/t12-,14+/m0/s1. The van der Waals surface area contributed by atoms with Gasteiger partial charge in [-0.25, -0.2) is 9.78 Å². The van der Waals surface area contributed by atoms with Gasteiger partial charge in [-0.2, -0.15) is 0 Å². The number of carbonyl (C=O) groups excluding carboxylic acids is 1. The number of carbonyl (C=O) groups is 1. The maximum Gasteiger partial charge on any atom is 0.322 e. The molecule has 1 aromatic heterocycles. The van der Waals surface area contributed by atoms with Gasteiger partial charge in [0.1, 0.15) is 5.69 Å². The average molecular weight is 304 g/mol. The molecule has 0 spiro atoms. The summed E-state index contributed by atoms with van der Waals surface area (Å²) in [4.78, 5) is 21.2. The summed E-state index contributed by atoms with van der Waals surface area (Å²) in [5.74, 6) is 1.05. The molecule has 0 aromatic carbocycles. The van der Waals surface area contributed by atoms with Gasteiger partial charge in [-0.1, -0.05) is 0 Å². The zero-order chi connectivity index (χ0) is 15.7. The van der Waals surface area contributed by atoms with Crippen LogP contribution < -0.4 is 10.1 Å². The van der Waals surface area contributed by atoms with Crippen LogP contribution in [0.3, 0.4) is 0 Å². The van der Waals surface area contributed by atoms with Crippen molar-refractivity contribution in [1.29, 1.82) is 0 Å². The van der Waals surface area contributed by atoms with E-state index in [-0.39, 0.29) is 6.03 Å². The van der Waals surface area contributed by atoms with Crippen LogP contribution in [0.1, 0.15) is 18.4 Å². The van der Waals surface area contributed by atoms with Gasteiger partial charge in [0.25, 0.3) is 0 Å². The average Bonchev–Trinajstić information content (AvgIpc) is 2.87. The smallest absolute Gasteiger partial charge is 0.322 e. The second-order valence-electron chi connectivity index (χ2n) is 6.38. The molecule has 0 unspecified atom stereocenters. The summed E-state index contributed by atoms with van der Waals surface area (Å²) >= 11 is 0. The van der Waals surface area contributed by atoms with Gasteiger partial charge in [0.05, 0.1) is 13.2 Å². The SMILES string of the molecule is COc1ncc(C)cc1NC(=O)N1CCC[C@H]2CN(C)C[C@H]21. The highest BCUT2D eigenvalue weighted by molar-refractivity contribution is 5.91. The number of likely N-dealkylation sites (N-methyl/N-ethyl adjacent to an activating group) is 1. The normalized spacial score (nSPS) is 25.0. The second-order valence-corrected chi connectivity index (χ2v) is 6.38. The lowest BCUT2D eigenvalue weighted by Gasteiger charge is -2.37. The van der Waals surface area contributed by atoms with Crippen LogP contribution in [0.5, 0.6) is 5.88 Å². The van der Waals surface area contributed by atoms with Gasteiger partial charge in [-0.15, -0.1) is 0 Å². The van der Waals surface area contributed by atoms with Crippen molar-refractivity contribution in [3.8, 4) is 5.88 Å². The largest absolute Gasteiger partial charge is 0.480 e. The molecular weight excluding hydrogens is 280 g/mol. The molecule has 120 valence electrons. The molecule has 1 N–H and O–H groups in total. The fourth-order valence-corrected chi connectivity index (χ4v) is 3.64. The van der Waals surface area contributed by atoms with Crippen molar-refractivity contribution < 1.29 is 9.53 Å². The second kappa shape index (κ2) is 6.12. The van der Waals surface area contributed by atoms with E-state index in [1.807, 2.05) is 17.9 Å². The van der Waals surface area contributed by atoms with Crippen molar-refractivity contribution in [2.75, 3.05) is 39.1 Å². The van der Waals surface area contributed by atoms with Gasteiger partial charge in [0.15, 0.2) is 0 Å². The zero-order valence-corrected chi connectivity index (χ0v) is 13.5. The van der Waals surface area contributed by atoms with E-state index in [0.717, 1.165) is 31.6 Å². The Morgan fingerprint density at radius 3 is 3.05 bits per heavy atom. The number of ether oxygens (including phenoxy) is 1. The summed E-state index contributed by atoms with van der Waals surface area (Å²) in [6, 6.07) is 2.17. The number of nitrogens with one attached hydrogen (secondary N) is 1. The molecule has 3 heterocycles. The molecule has 0 bridgehead atoms. The van der Waals surface area contributed by atoms with Gasteiger partial charge < -0.3 is 19.9 Å². The van der Waals surface area contributed by atoms with Crippen LogP contribution in [0.2, 0.25) is 0 Å². The fourth-order valence-electron chi connectivity index (χ4n) is 3.64. The van der Waals surface area contributed by atoms with Crippen LogP contribution >= 0.6 is 0 Å². The van der Waals surface area contributed by atoms with E-state index >= 15 is 0 Å². The molecule has 0 radical (unpaired) electrons. The molecule has 6 heteroatoms. The molecule has 3 rings (SSSR count). The van der Waals surface area contributed by atoms with E-state index in [0.29, 0.717) is 23.5 Å². The van der Waals surface area contributed by atoms with Crippen LogP contribution in [-0.4, -0.2) is 60.6 Å². The Balaban J connectivity index is 1.75. The predicted molar refractivity (Wildman–Crippen MR) is 85.3 cm³/mol. The van der Waals surface area contributed by atoms with E-state index in [9.17, 15) is 4.79 Å². The van der Waals surface area contributed by atoms with Crippen molar-refractivity contribution in [3.05, 3.63) is 17.8 Å². The summed E-state index contributed by atoms with van der Waals surface area (Å²) in [5, 5.41) is 2.98. The third-order valence-electron chi connectivity index (χ3n) is 4.65. The zero-order valence-electron chi connectivity index (χ0n) is 13.5. The highest BCUT2D eigenvalue weighted by atomic mass is 16.5. The number of pyridine rings is 1. The Morgan fingerprint density at radius 2 is 2.27 bits per heavy atom. The Labute approximate surface area is 131 Å². The Kier molecular flexibility index (Phi) is 4.20. The number of methoxy groups -OCH3 is 1. The lowest BCUT2D eigenvalue weighted by Crippen LogP contribution is -2.50. The molecule has 2 aliphatic heterocycles. The van der Waals surface area contributed by atoms with Crippen molar-refractivity contribution in [2.45, 2.75) is 25.8 Å². The summed E-state index contributed by atoms with van der Waals surface area (Å²) < 4.78 is 5.24. The number of nitrogens with zero attached hydrogens (tertiary/aromatic N) is 3. The molecule has 2 amide bonds. The molecule has 2 aliphatic rings. The van der Waals surface area contributed by atoms with Crippen LogP contribution in [0.4, 0.5) is 10.5 Å². The van der Waals surface area contributed by atoms with Gasteiger partial charge in [0.2, 0.25) is 5.88 Å². The number of rotatable bonds is 2. The van der Waals surface area contributed by atoms with Crippen LogP contribution in [-0.2, 0) is 0 Å². The molecule has 6 nitrogen and oxygen atoms in total. The molecule has 2 fully saturated rings. The third-order valence-corrected chi connectivity index (χ3v) is 4.65. The molecule has 1 aromatic rings. The minimum atomic E-state index is -0.0456. The topological polar surface area (TPSA) is 57.7 Å². The Bertz CT molecular complexity index is 563. The number of amides is 2. The lowest BCUT2D eigenvalue weighted by molar-refractivity contribution is 0.146. The number of fused-ring (bicyclic) bond motifs is 1. The van der Waals surface area contributed by atoms with E-state index in [1.165, 1.54) is 6.42 Å². The number of piperidine rings is 1. The molecule has 2 saturated heterocycles. The Hall–Kier alpha value is -1.82. The van der Waals surface area contributed by atoms with E-state index in [2.05, 4.69) is 22.2 Å². The van der Waals surface area contributed by atoms with E-state index in [4.69, 9.17) is 4.74 Å². The first-order chi connectivity index (χ1) is 10.6. The van der Waals surface area contributed by atoms with Crippen molar-refractivity contribution in [1.82, 2.24) is 14.8 Å².